The summed E-state index contributed by atoms with van der Waals surface area (Å²) in [6.07, 6.45) is 4.50. The number of nitrogens with zero attached hydrogens (tertiary/aromatic N) is 1. The number of likely N-dealkylation sites (tertiary alicyclic amines) is 1. The molecule has 1 aromatic rings. The SMILES string of the molecule is O=C1[C@@H](C2(O)CCC2)CCCN1Cc1ccccc1. The zero-order chi connectivity index (χ0) is 13.3. The Hall–Kier alpha value is -1.35. The maximum absolute atomic E-state index is 12.5. The van der Waals surface area contributed by atoms with E-state index in [1.807, 2.05) is 23.1 Å². The number of piperidine rings is 1. The molecule has 0 spiro atoms. The summed E-state index contributed by atoms with van der Waals surface area (Å²) in [6.45, 7) is 1.49. The predicted molar refractivity (Wildman–Crippen MR) is 73.4 cm³/mol. The second-order valence-corrected chi connectivity index (χ2v) is 5.90. The van der Waals surface area contributed by atoms with Gasteiger partial charge in [0.05, 0.1) is 11.5 Å². The van der Waals surface area contributed by atoms with Crippen LogP contribution in [0.1, 0.15) is 37.7 Å². The summed E-state index contributed by atoms with van der Waals surface area (Å²) in [5.74, 6) is -0.0176. The molecule has 1 N–H and O–H groups in total. The molecule has 0 radical (unpaired) electrons. The number of carbonyl (C=O) groups is 1. The van der Waals surface area contributed by atoms with Gasteiger partial charge in [-0.05, 0) is 37.7 Å². The Balaban J connectivity index is 1.71. The van der Waals surface area contributed by atoms with Crippen molar-refractivity contribution in [2.75, 3.05) is 6.54 Å². The Morgan fingerprint density at radius 3 is 2.58 bits per heavy atom. The minimum Gasteiger partial charge on any atom is -0.389 e. The van der Waals surface area contributed by atoms with Gasteiger partial charge in [0.25, 0.3) is 0 Å². The van der Waals surface area contributed by atoms with E-state index in [1.54, 1.807) is 0 Å². The summed E-state index contributed by atoms with van der Waals surface area (Å²) in [4.78, 5) is 14.5. The number of benzene rings is 1. The van der Waals surface area contributed by atoms with E-state index >= 15 is 0 Å². The summed E-state index contributed by atoms with van der Waals surface area (Å²) < 4.78 is 0. The van der Waals surface area contributed by atoms with E-state index in [0.717, 1.165) is 44.2 Å². The van der Waals surface area contributed by atoms with E-state index in [-0.39, 0.29) is 11.8 Å². The number of hydrogen-bond acceptors (Lipinski definition) is 2. The predicted octanol–water partition coefficient (Wildman–Crippen LogP) is 2.34. The molecule has 1 atom stereocenters. The highest BCUT2D eigenvalue weighted by Crippen LogP contribution is 2.42. The van der Waals surface area contributed by atoms with Crippen LogP contribution in [0.3, 0.4) is 0 Å². The van der Waals surface area contributed by atoms with Crippen LogP contribution in [0.4, 0.5) is 0 Å². The first kappa shape index (κ1) is 12.7. The van der Waals surface area contributed by atoms with E-state index in [2.05, 4.69) is 12.1 Å². The molecule has 2 fully saturated rings. The molecule has 0 bridgehead atoms. The molecule has 2 aliphatic rings. The van der Waals surface area contributed by atoms with Gasteiger partial charge in [-0.2, -0.15) is 0 Å². The van der Waals surface area contributed by atoms with Crippen LogP contribution in [0.25, 0.3) is 0 Å². The van der Waals surface area contributed by atoms with Crippen molar-refractivity contribution in [3.8, 4) is 0 Å². The maximum Gasteiger partial charge on any atom is 0.228 e. The highest BCUT2D eigenvalue weighted by Gasteiger charge is 2.48. The second-order valence-electron chi connectivity index (χ2n) is 5.90. The van der Waals surface area contributed by atoms with Crippen molar-refractivity contribution in [2.24, 2.45) is 5.92 Å². The van der Waals surface area contributed by atoms with Crippen molar-refractivity contribution in [1.82, 2.24) is 4.90 Å². The standard InChI is InChI=1S/C16H21NO2/c18-15-14(16(19)9-5-10-16)8-4-11-17(15)12-13-6-2-1-3-7-13/h1-3,6-7,14,19H,4-5,8-12H2/t14-/m0/s1. The Morgan fingerprint density at radius 2 is 1.95 bits per heavy atom. The van der Waals surface area contributed by atoms with Gasteiger partial charge in [0, 0.05) is 13.1 Å². The highest BCUT2D eigenvalue weighted by molar-refractivity contribution is 5.81. The fraction of sp³-hybridized carbons (Fsp3) is 0.562. The molecule has 1 heterocycles. The molecule has 1 saturated carbocycles. The molecule has 1 saturated heterocycles. The first-order chi connectivity index (χ1) is 9.19. The lowest BCUT2D eigenvalue weighted by atomic mass is 9.68. The monoisotopic (exact) mass is 259 g/mol. The van der Waals surface area contributed by atoms with Gasteiger partial charge in [-0.3, -0.25) is 4.79 Å². The fourth-order valence-electron chi connectivity index (χ4n) is 3.29. The number of hydrogen-bond donors (Lipinski definition) is 1. The average Bonchev–Trinajstić information content (AvgIpc) is 2.40. The van der Waals surface area contributed by atoms with Crippen LogP contribution in [0.5, 0.6) is 0 Å². The normalized spacial score (nSPS) is 26.1. The molecule has 1 amide bonds. The van der Waals surface area contributed by atoms with Crippen molar-refractivity contribution in [1.29, 1.82) is 0 Å². The molecule has 3 rings (SSSR count). The molecule has 0 unspecified atom stereocenters. The van der Waals surface area contributed by atoms with Gasteiger partial charge in [0.15, 0.2) is 0 Å². The molecular weight excluding hydrogens is 238 g/mol. The van der Waals surface area contributed by atoms with Gasteiger partial charge in [0.2, 0.25) is 5.91 Å². The van der Waals surface area contributed by atoms with E-state index in [9.17, 15) is 9.90 Å². The summed E-state index contributed by atoms with van der Waals surface area (Å²) >= 11 is 0. The zero-order valence-electron chi connectivity index (χ0n) is 11.2. The molecule has 1 aliphatic heterocycles. The smallest absolute Gasteiger partial charge is 0.228 e. The van der Waals surface area contributed by atoms with E-state index < -0.39 is 5.60 Å². The minimum absolute atomic E-state index is 0.150. The first-order valence-corrected chi connectivity index (χ1v) is 7.24. The van der Waals surface area contributed by atoms with Gasteiger partial charge in [-0.1, -0.05) is 30.3 Å². The van der Waals surface area contributed by atoms with Gasteiger partial charge in [-0.25, -0.2) is 0 Å². The number of carbonyl (C=O) groups excluding carboxylic acids is 1. The first-order valence-electron chi connectivity index (χ1n) is 7.24. The third kappa shape index (κ3) is 2.39. The molecule has 1 aliphatic carbocycles. The van der Waals surface area contributed by atoms with Crippen molar-refractivity contribution in [3.63, 3.8) is 0 Å². The number of amides is 1. The van der Waals surface area contributed by atoms with Gasteiger partial charge < -0.3 is 10.0 Å². The highest BCUT2D eigenvalue weighted by atomic mass is 16.3. The third-order valence-electron chi connectivity index (χ3n) is 4.61. The molecule has 3 heteroatoms. The van der Waals surface area contributed by atoms with Crippen LogP contribution >= 0.6 is 0 Å². The van der Waals surface area contributed by atoms with Crippen LogP contribution < -0.4 is 0 Å². The van der Waals surface area contributed by atoms with Crippen LogP contribution in [-0.4, -0.2) is 28.1 Å². The minimum atomic E-state index is -0.702. The van der Waals surface area contributed by atoms with Crippen molar-refractivity contribution in [2.45, 2.75) is 44.2 Å². The van der Waals surface area contributed by atoms with Crippen molar-refractivity contribution in [3.05, 3.63) is 35.9 Å². The summed E-state index contributed by atoms with van der Waals surface area (Å²) in [5.41, 5.74) is 0.462. The fourth-order valence-corrected chi connectivity index (χ4v) is 3.29. The lowest BCUT2D eigenvalue weighted by Crippen LogP contribution is -2.54. The van der Waals surface area contributed by atoms with Crippen molar-refractivity contribution >= 4 is 5.91 Å². The Morgan fingerprint density at radius 1 is 1.21 bits per heavy atom. The molecule has 0 aromatic heterocycles. The van der Waals surface area contributed by atoms with E-state index in [4.69, 9.17) is 0 Å². The molecule has 19 heavy (non-hydrogen) atoms. The molecular formula is C16H21NO2. The number of aliphatic hydroxyl groups is 1. The summed E-state index contributed by atoms with van der Waals surface area (Å²) in [6, 6.07) is 10.1. The number of rotatable bonds is 3. The molecule has 1 aromatic carbocycles. The van der Waals surface area contributed by atoms with Crippen LogP contribution in [0, 0.1) is 5.92 Å². The Bertz CT molecular complexity index is 453. The Kier molecular flexibility index (Phi) is 3.31. The molecule has 102 valence electrons. The zero-order valence-corrected chi connectivity index (χ0v) is 11.2. The third-order valence-corrected chi connectivity index (χ3v) is 4.61. The average molecular weight is 259 g/mol. The van der Waals surface area contributed by atoms with E-state index in [1.165, 1.54) is 0 Å². The van der Waals surface area contributed by atoms with Gasteiger partial charge in [0.1, 0.15) is 0 Å². The van der Waals surface area contributed by atoms with Crippen molar-refractivity contribution < 1.29 is 9.90 Å². The quantitative estimate of drug-likeness (QED) is 0.905. The summed E-state index contributed by atoms with van der Waals surface area (Å²) in [7, 11) is 0. The van der Waals surface area contributed by atoms with Crippen LogP contribution in [-0.2, 0) is 11.3 Å². The largest absolute Gasteiger partial charge is 0.389 e. The van der Waals surface area contributed by atoms with Crippen LogP contribution in [0.15, 0.2) is 30.3 Å². The maximum atomic E-state index is 12.5. The van der Waals surface area contributed by atoms with E-state index in [0.29, 0.717) is 6.54 Å². The van der Waals surface area contributed by atoms with Gasteiger partial charge >= 0.3 is 0 Å². The molecule has 3 nitrogen and oxygen atoms in total. The second kappa shape index (κ2) is 4.97. The summed E-state index contributed by atoms with van der Waals surface area (Å²) in [5, 5.41) is 10.4. The van der Waals surface area contributed by atoms with Gasteiger partial charge in [-0.15, -0.1) is 0 Å². The Labute approximate surface area is 114 Å². The van der Waals surface area contributed by atoms with Crippen LogP contribution in [0.2, 0.25) is 0 Å². The lowest BCUT2D eigenvalue weighted by molar-refractivity contribution is -0.159. The lowest BCUT2D eigenvalue weighted by Gasteiger charge is -2.46. The topological polar surface area (TPSA) is 40.5 Å².